The van der Waals surface area contributed by atoms with Crippen LogP contribution in [0.1, 0.15) is 43.2 Å². The molecule has 2 atom stereocenters. The number of aliphatic hydroxyl groups is 1. The molecule has 31 heavy (non-hydrogen) atoms. The number of amides is 1. The van der Waals surface area contributed by atoms with Gasteiger partial charge in [-0.15, -0.1) is 0 Å². The van der Waals surface area contributed by atoms with E-state index in [1.54, 1.807) is 17.0 Å². The smallest absolute Gasteiger partial charge is 0.410 e. The van der Waals surface area contributed by atoms with Crippen LogP contribution in [0.15, 0.2) is 48.5 Å². The normalized spacial score (nSPS) is 25.2. The number of halogens is 1. The summed E-state index contributed by atoms with van der Waals surface area (Å²) in [6.07, 6.45) is 2.67. The number of hydrogen-bond acceptors (Lipinski definition) is 5. The van der Waals surface area contributed by atoms with Crippen LogP contribution >= 0.6 is 0 Å². The molecule has 1 amide bonds. The van der Waals surface area contributed by atoms with Crippen LogP contribution in [0.3, 0.4) is 0 Å². The van der Waals surface area contributed by atoms with Crippen molar-refractivity contribution in [3.8, 4) is 5.75 Å². The Morgan fingerprint density at radius 3 is 2.52 bits per heavy atom. The largest absolute Gasteiger partial charge is 0.467 e. The Hall–Kier alpha value is -2.64. The summed E-state index contributed by atoms with van der Waals surface area (Å²) in [5, 5.41) is 11.4. The molecule has 0 aliphatic carbocycles. The number of fused-ring (bicyclic) bond motifs is 2. The SMILES string of the molecule is COCOc1ccc(C2(O)CC3CCCC(C2)N3C(=O)OCc2ccccc2)c(F)c1. The molecule has 1 N–H and O–H groups in total. The molecule has 2 unspecified atom stereocenters. The molecular formula is C24H28FNO5. The number of benzene rings is 2. The highest BCUT2D eigenvalue weighted by molar-refractivity contribution is 5.69. The second kappa shape index (κ2) is 9.24. The van der Waals surface area contributed by atoms with Crippen molar-refractivity contribution in [1.82, 2.24) is 4.90 Å². The van der Waals surface area contributed by atoms with Gasteiger partial charge in [0.25, 0.3) is 0 Å². The number of carbonyl (C=O) groups excluding carboxylic acids is 1. The molecule has 2 bridgehead atoms. The molecule has 166 valence electrons. The fourth-order valence-electron chi connectivity index (χ4n) is 4.83. The first-order valence-electron chi connectivity index (χ1n) is 10.6. The molecule has 0 spiro atoms. The fourth-order valence-corrected chi connectivity index (χ4v) is 4.83. The van der Waals surface area contributed by atoms with Gasteiger partial charge in [0, 0.05) is 43.7 Å². The van der Waals surface area contributed by atoms with Crippen LogP contribution in [0.2, 0.25) is 0 Å². The van der Waals surface area contributed by atoms with E-state index in [-0.39, 0.29) is 50.0 Å². The average molecular weight is 429 g/mol. The van der Waals surface area contributed by atoms with Gasteiger partial charge < -0.3 is 24.2 Å². The van der Waals surface area contributed by atoms with E-state index in [0.29, 0.717) is 5.75 Å². The Labute approximate surface area is 181 Å². The van der Waals surface area contributed by atoms with Gasteiger partial charge in [0.2, 0.25) is 0 Å². The third-order valence-corrected chi connectivity index (χ3v) is 6.21. The molecule has 0 radical (unpaired) electrons. The number of ether oxygens (including phenoxy) is 3. The van der Waals surface area contributed by atoms with Gasteiger partial charge in [0.1, 0.15) is 18.2 Å². The summed E-state index contributed by atoms with van der Waals surface area (Å²) in [6.45, 7) is 0.227. The summed E-state index contributed by atoms with van der Waals surface area (Å²) in [5.74, 6) is -0.178. The van der Waals surface area contributed by atoms with Crippen molar-refractivity contribution in [1.29, 1.82) is 0 Å². The van der Waals surface area contributed by atoms with Crippen LogP contribution in [-0.4, -0.2) is 42.1 Å². The van der Waals surface area contributed by atoms with Gasteiger partial charge in [-0.2, -0.15) is 0 Å². The third-order valence-electron chi connectivity index (χ3n) is 6.21. The molecular weight excluding hydrogens is 401 g/mol. The van der Waals surface area contributed by atoms with Crippen molar-refractivity contribution in [3.63, 3.8) is 0 Å². The molecule has 0 aromatic heterocycles. The van der Waals surface area contributed by atoms with Crippen molar-refractivity contribution < 1.29 is 28.5 Å². The lowest BCUT2D eigenvalue weighted by atomic mass is 9.72. The summed E-state index contributed by atoms with van der Waals surface area (Å²) >= 11 is 0. The standard InChI is InChI=1S/C24H28FNO5/c1-29-16-31-20-10-11-21(22(25)12-20)24(28)13-18-8-5-9-19(14-24)26(18)23(27)30-15-17-6-3-2-4-7-17/h2-4,6-7,10-12,18-19,28H,5,8-9,13-16H2,1H3. The molecule has 2 aromatic carbocycles. The number of carbonyl (C=O) groups is 1. The number of methoxy groups -OCH3 is 1. The maximum absolute atomic E-state index is 14.9. The number of nitrogens with zero attached hydrogens (tertiary/aromatic N) is 1. The van der Waals surface area contributed by atoms with Crippen molar-refractivity contribution in [2.75, 3.05) is 13.9 Å². The van der Waals surface area contributed by atoms with Crippen molar-refractivity contribution in [3.05, 3.63) is 65.5 Å². The molecule has 2 heterocycles. The van der Waals surface area contributed by atoms with Crippen molar-refractivity contribution >= 4 is 6.09 Å². The first-order valence-corrected chi connectivity index (χ1v) is 10.6. The summed E-state index contributed by atoms with van der Waals surface area (Å²) in [6, 6.07) is 13.6. The maximum Gasteiger partial charge on any atom is 0.410 e. The molecule has 4 rings (SSSR count). The van der Waals surface area contributed by atoms with Crippen LogP contribution in [0.5, 0.6) is 5.75 Å². The van der Waals surface area contributed by atoms with E-state index in [0.717, 1.165) is 24.8 Å². The Morgan fingerprint density at radius 1 is 1.16 bits per heavy atom. The highest BCUT2D eigenvalue weighted by atomic mass is 19.1. The Morgan fingerprint density at radius 2 is 1.87 bits per heavy atom. The van der Waals surface area contributed by atoms with E-state index in [2.05, 4.69) is 0 Å². The lowest BCUT2D eigenvalue weighted by Gasteiger charge is -2.51. The van der Waals surface area contributed by atoms with Crippen LogP contribution in [0.25, 0.3) is 0 Å². The van der Waals surface area contributed by atoms with E-state index in [9.17, 15) is 14.3 Å². The number of rotatable bonds is 6. The van der Waals surface area contributed by atoms with Gasteiger partial charge in [-0.1, -0.05) is 30.3 Å². The molecule has 2 aliphatic rings. The summed E-state index contributed by atoms with van der Waals surface area (Å²) in [5.41, 5.74) is -0.172. The zero-order valence-corrected chi connectivity index (χ0v) is 17.6. The van der Waals surface area contributed by atoms with E-state index >= 15 is 0 Å². The number of hydrogen-bond donors (Lipinski definition) is 1. The van der Waals surface area contributed by atoms with Gasteiger partial charge in [-0.25, -0.2) is 9.18 Å². The summed E-state index contributed by atoms with van der Waals surface area (Å²) < 4.78 is 30.5. The fraction of sp³-hybridized carbons (Fsp3) is 0.458. The molecule has 2 fully saturated rings. The number of piperidine rings is 2. The average Bonchev–Trinajstić information content (AvgIpc) is 2.76. The lowest BCUT2D eigenvalue weighted by Crippen LogP contribution is -2.59. The van der Waals surface area contributed by atoms with Crippen LogP contribution in [-0.2, 0) is 21.7 Å². The zero-order valence-electron chi connectivity index (χ0n) is 17.6. The molecule has 2 aromatic rings. The van der Waals surface area contributed by atoms with Gasteiger partial charge in [-0.3, -0.25) is 0 Å². The molecule has 2 saturated heterocycles. The highest BCUT2D eigenvalue weighted by Gasteiger charge is 2.49. The highest BCUT2D eigenvalue weighted by Crippen LogP contribution is 2.45. The minimum absolute atomic E-state index is 0.0211. The lowest BCUT2D eigenvalue weighted by molar-refractivity contribution is -0.0911. The predicted octanol–water partition coefficient (Wildman–Crippen LogP) is 4.35. The van der Waals surface area contributed by atoms with Crippen molar-refractivity contribution in [2.45, 2.75) is 56.4 Å². The molecule has 7 heteroatoms. The zero-order chi connectivity index (χ0) is 21.8. The van der Waals surface area contributed by atoms with Gasteiger partial charge >= 0.3 is 6.09 Å². The summed E-state index contributed by atoms with van der Waals surface area (Å²) in [7, 11) is 1.49. The van der Waals surface area contributed by atoms with Crippen molar-refractivity contribution in [2.24, 2.45) is 0 Å². The van der Waals surface area contributed by atoms with Gasteiger partial charge in [0.05, 0.1) is 5.60 Å². The van der Waals surface area contributed by atoms with Crippen LogP contribution in [0.4, 0.5) is 9.18 Å². The summed E-state index contributed by atoms with van der Waals surface area (Å²) in [4.78, 5) is 14.6. The Bertz CT molecular complexity index is 892. The monoisotopic (exact) mass is 429 g/mol. The van der Waals surface area contributed by atoms with E-state index in [1.165, 1.54) is 13.2 Å². The maximum atomic E-state index is 14.9. The van der Waals surface area contributed by atoms with Crippen LogP contribution < -0.4 is 4.74 Å². The topological polar surface area (TPSA) is 68.2 Å². The quantitative estimate of drug-likeness (QED) is 0.692. The minimum Gasteiger partial charge on any atom is -0.467 e. The van der Waals surface area contributed by atoms with Crippen LogP contribution in [0, 0.1) is 5.82 Å². The van der Waals surface area contributed by atoms with E-state index in [1.807, 2.05) is 30.3 Å². The minimum atomic E-state index is -1.34. The van der Waals surface area contributed by atoms with Gasteiger partial charge in [0.15, 0.2) is 6.79 Å². The Balaban J connectivity index is 1.48. The third kappa shape index (κ3) is 4.67. The Kier molecular flexibility index (Phi) is 6.43. The van der Waals surface area contributed by atoms with E-state index in [4.69, 9.17) is 14.2 Å². The predicted molar refractivity (Wildman–Crippen MR) is 112 cm³/mol. The second-order valence-electron chi connectivity index (χ2n) is 8.32. The molecule has 6 nitrogen and oxygen atoms in total. The van der Waals surface area contributed by atoms with Gasteiger partial charge in [-0.05, 0) is 37.0 Å². The molecule has 0 saturated carbocycles. The first-order chi connectivity index (χ1) is 15.0. The molecule has 2 aliphatic heterocycles. The first kappa shape index (κ1) is 21.6. The van der Waals surface area contributed by atoms with E-state index < -0.39 is 11.4 Å². The second-order valence-corrected chi connectivity index (χ2v) is 8.32.